The second-order valence-electron chi connectivity index (χ2n) is 5.73. The predicted molar refractivity (Wildman–Crippen MR) is 93.1 cm³/mol. The van der Waals surface area contributed by atoms with E-state index < -0.39 is 14.9 Å². The van der Waals surface area contributed by atoms with Crippen molar-refractivity contribution in [3.8, 4) is 0 Å². The first kappa shape index (κ1) is 18.1. The molecular weight excluding hydrogens is 328 g/mol. The number of hydrogen-bond acceptors (Lipinski definition) is 4. The highest BCUT2D eigenvalue weighted by Crippen LogP contribution is 2.15. The number of nitrogens with one attached hydrogen (secondary N) is 1. The third-order valence-electron chi connectivity index (χ3n) is 3.57. The Morgan fingerprint density at radius 3 is 2.42 bits per heavy atom. The molecule has 128 valence electrons. The summed E-state index contributed by atoms with van der Waals surface area (Å²) in [6.45, 7) is 1.81. The lowest BCUT2D eigenvalue weighted by Crippen LogP contribution is -2.33. The molecule has 1 atom stereocenters. The quantitative estimate of drug-likeness (QED) is 0.586. The van der Waals surface area contributed by atoms with Crippen LogP contribution in [0.3, 0.4) is 0 Å². The zero-order chi connectivity index (χ0) is 17.6. The molecule has 0 radical (unpaired) electrons. The number of nitro groups is 1. The third-order valence-corrected chi connectivity index (χ3v) is 5.04. The molecular formula is C17H20N2O4S. The standard InChI is InChI=1S/C17H20N2O4S/c1-14(10-11-15-6-3-2-4-7-15)18-24(22,23)13-16-8-5-9-17(12-16)19(20)21/h2-9,12,14,18H,10-11,13H2,1H3/t14-/m1/s1. The number of nitrogens with zero attached hydrogens (tertiary/aromatic N) is 1. The number of nitro benzene ring substituents is 1. The van der Waals surface area contributed by atoms with Gasteiger partial charge in [0.25, 0.3) is 5.69 Å². The molecule has 1 N–H and O–H groups in total. The molecule has 0 saturated heterocycles. The Kier molecular flexibility index (Phi) is 6.05. The van der Waals surface area contributed by atoms with Gasteiger partial charge in [-0.1, -0.05) is 42.5 Å². The molecule has 0 aromatic heterocycles. The molecule has 0 spiro atoms. The number of sulfonamides is 1. The second-order valence-corrected chi connectivity index (χ2v) is 7.48. The number of aryl methyl sites for hydroxylation is 1. The number of benzene rings is 2. The zero-order valence-electron chi connectivity index (χ0n) is 13.4. The number of rotatable bonds is 8. The van der Waals surface area contributed by atoms with Gasteiger partial charge in [-0.05, 0) is 30.9 Å². The smallest absolute Gasteiger partial charge is 0.258 e. The number of hydrogen-bond donors (Lipinski definition) is 1. The van der Waals surface area contributed by atoms with Crippen molar-refractivity contribution in [2.24, 2.45) is 0 Å². The normalized spacial score (nSPS) is 12.7. The minimum absolute atomic E-state index is 0.111. The molecule has 7 heteroatoms. The molecule has 0 unspecified atom stereocenters. The monoisotopic (exact) mass is 348 g/mol. The van der Waals surface area contributed by atoms with Gasteiger partial charge in [-0.3, -0.25) is 10.1 Å². The molecule has 2 rings (SSSR count). The van der Waals surface area contributed by atoms with Crippen molar-refractivity contribution in [1.82, 2.24) is 4.72 Å². The lowest BCUT2D eigenvalue weighted by Gasteiger charge is -2.14. The Labute approximate surface area is 141 Å². The Morgan fingerprint density at radius 1 is 1.08 bits per heavy atom. The Hall–Kier alpha value is -2.25. The lowest BCUT2D eigenvalue weighted by atomic mass is 10.1. The fourth-order valence-electron chi connectivity index (χ4n) is 2.41. The maximum Gasteiger partial charge on any atom is 0.269 e. The molecule has 0 aliphatic heterocycles. The van der Waals surface area contributed by atoms with Gasteiger partial charge >= 0.3 is 0 Å². The molecule has 0 amide bonds. The molecule has 6 nitrogen and oxygen atoms in total. The molecule has 0 heterocycles. The summed E-state index contributed by atoms with van der Waals surface area (Å²) in [7, 11) is -3.55. The van der Waals surface area contributed by atoms with Crippen LogP contribution in [0.15, 0.2) is 54.6 Å². The highest BCUT2D eigenvalue weighted by Gasteiger charge is 2.17. The SMILES string of the molecule is C[C@H](CCc1ccccc1)NS(=O)(=O)Cc1cccc([N+](=O)[O-])c1. The average molecular weight is 348 g/mol. The van der Waals surface area contributed by atoms with Gasteiger partial charge in [0.05, 0.1) is 10.7 Å². The molecule has 0 bridgehead atoms. The van der Waals surface area contributed by atoms with Crippen LogP contribution in [-0.2, 0) is 22.2 Å². The van der Waals surface area contributed by atoms with E-state index in [0.717, 1.165) is 12.0 Å². The molecule has 0 saturated carbocycles. The summed E-state index contributed by atoms with van der Waals surface area (Å²) in [5.41, 5.74) is 1.44. The summed E-state index contributed by atoms with van der Waals surface area (Å²) < 4.78 is 27.1. The van der Waals surface area contributed by atoms with E-state index in [-0.39, 0.29) is 17.5 Å². The van der Waals surface area contributed by atoms with Crippen LogP contribution in [0.5, 0.6) is 0 Å². The van der Waals surface area contributed by atoms with Crippen LogP contribution < -0.4 is 4.72 Å². The predicted octanol–water partition coefficient (Wildman–Crippen LogP) is 3.04. The van der Waals surface area contributed by atoms with Gasteiger partial charge in [-0.15, -0.1) is 0 Å². The van der Waals surface area contributed by atoms with E-state index in [9.17, 15) is 18.5 Å². The van der Waals surface area contributed by atoms with Crippen LogP contribution in [0.1, 0.15) is 24.5 Å². The summed E-state index contributed by atoms with van der Waals surface area (Å²) in [6, 6.07) is 15.3. The van der Waals surface area contributed by atoms with Gasteiger partial charge in [0.2, 0.25) is 10.0 Å². The largest absolute Gasteiger partial charge is 0.269 e. The molecule has 0 aliphatic rings. The summed E-state index contributed by atoms with van der Waals surface area (Å²) >= 11 is 0. The first-order chi connectivity index (χ1) is 11.4. The van der Waals surface area contributed by atoms with Crippen LogP contribution >= 0.6 is 0 Å². The second kappa shape index (κ2) is 8.03. The third kappa shape index (κ3) is 5.75. The molecule has 2 aromatic carbocycles. The van der Waals surface area contributed by atoms with Crippen molar-refractivity contribution in [2.75, 3.05) is 0 Å². The Bertz CT molecular complexity index is 791. The summed E-state index contributed by atoms with van der Waals surface area (Å²) in [5, 5.41) is 10.8. The van der Waals surface area contributed by atoms with Gasteiger partial charge in [0.15, 0.2) is 0 Å². The Morgan fingerprint density at radius 2 is 1.75 bits per heavy atom. The lowest BCUT2D eigenvalue weighted by molar-refractivity contribution is -0.384. The van der Waals surface area contributed by atoms with Crippen molar-refractivity contribution in [2.45, 2.75) is 31.6 Å². The summed E-state index contributed by atoms with van der Waals surface area (Å²) in [4.78, 5) is 10.2. The topological polar surface area (TPSA) is 89.3 Å². The van der Waals surface area contributed by atoms with Gasteiger partial charge in [0.1, 0.15) is 0 Å². The zero-order valence-corrected chi connectivity index (χ0v) is 14.2. The maximum atomic E-state index is 12.2. The van der Waals surface area contributed by atoms with Gasteiger partial charge < -0.3 is 0 Å². The highest BCUT2D eigenvalue weighted by molar-refractivity contribution is 7.88. The first-order valence-electron chi connectivity index (χ1n) is 7.63. The fourth-order valence-corrected chi connectivity index (χ4v) is 3.85. The van der Waals surface area contributed by atoms with Crippen molar-refractivity contribution in [1.29, 1.82) is 0 Å². The number of non-ortho nitro benzene ring substituents is 1. The van der Waals surface area contributed by atoms with Crippen LogP contribution in [0.4, 0.5) is 5.69 Å². The molecule has 2 aromatic rings. The average Bonchev–Trinajstić information content (AvgIpc) is 2.53. The minimum atomic E-state index is -3.55. The molecule has 0 aliphatic carbocycles. The van der Waals surface area contributed by atoms with Crippen molar-refractivity contribution in [3.05, 3.63) is 75.8 Å². The van der Waals surface area contributed by atoms with Gasteiger partial charge in [-0.2, -0.15) is 0 Å². The van der Waals surface area contributed by atoms with Crippen molar-refractivity contribution < 1.29 is 13.3 Å². The summed E-state index contributed by atoms with van der Waals surface area (Å²) in [5.74, 6) is -0.273. The molecule has 24 heavy (non-hydrogen) atoms. The van der Waals surface area contributed by atoms with Crippen LogP contribution in [0, 0.1) is 10.1 Å². The van der Waals surface area contributed by atoms with E-state index >= 15 is 0 Å². The van der Waals surface area contributed by atoms with E-state index in [0.29, 0.717) is 12.0 Å². The van der Waals surface area contributed by atoms with Crippen LogP contribution in [-0.4, -0.2) is 19.4 Å². The Balaban J connectivity index is 1.93. The maximum absolute atomic E-state index is 12.2. The highest BCUT2D eigenvalue weighted by atomic mass is 32.2. The first-order valence-corrected chi connectivity index (χ1v) is 9.28. The van der Waals surface area contributed by atoms with E-state index in [1.165, 1.54) is 18.2 Å². The van der Waals surface area contributed by atoms with E-state index in [2.05, 4.69) is 4.72 Å². The van der Waals surface area contributed by atoms with Crippen molar-refractivity contribution in [3.63, 3.8) is 0 Å². The van der Waals surface area contributed by atoms with E-state index in [1.807, 2.05) is 37.3 Å². The minimum Gasteiger partial charge on any atom is -0.258 e. The van der Waals surface area contributed by atoms with Gasteiger partial charge in [0, 0.05) is 18.2 Å². The van der Waals surface area contributed by atoms with Crippen LogP contribution in [0.25, 0.3) is 0 Å². The van der Waals surface area contributed by atoms with E-state index in [1.54, 1.807) is 6.07 Å². The molecule has 0 fully saturated rings. The summed E-state index contributed by atoms with van der Waals surface area (Å²) in [6.07, 6.45) is 1.46. The van der Waals surface area contributed by atoms with Crippen LogP contribution in [0.2, 0.25) is 0 Å². The fraction of sp³-hybridized carbons (Fsp3) is 0.294. The van der Waals surface area contributed by atoms with Crippen molar-refractivity contribution >= 4 is 15.7 Å². The van der Waals surface area contributed by atoms with E-state index in [4.69, 9.17) is 0 Å². The van der Waals surface area contributed by atoms with Gasteiger partial charge in [-0.25, -0.2) is 13.1 Å².